The van der Waals surface area contributed by atoms with Crippen LogP contribution in [0.25, 0.3) is 108 Å². The van der Waals surface area contributed by atoms with Crippen LogP contribution in [0.3, 0.4) is 0 Å². The molecule has 0 saturated carbocycles. The van der Waals surface area contributed by atoms with Crippen LogP contribution in [0, 0.1) is 0 Å². The van der Waals surface area contributed by atoms with Crippen molar-refractivity contribution >= 4 is 85.9 Å². The average Bonchev–Trinajstić information content (AvgIpc) is 3.90. The highest BCUT2D eigenvalue weighted by atomic mass is 32.1. The quantitative estimate of drug-likeness (QED) is 0.172. The van der Waals surface area contributed by atoms with E-state index < -0.39 is 0 Å². The summed E-state index contributed by atoms with van der Waals surface area (Å²) in [5.41, 5.74) is 12.1. The second-order valence-electron chi connectivity index (χ2n) is 14.6. The van der Waals surface area contributed by atoms with Gasteiger partial charge in [0.15, 0.2) is 0 Å². The number of benzene rings is 9. The van der Waals surface area contributed by atoms with E-state index in [1.54, 1.807) is 0 Å². The number of aromatic nitrogens is 2. The van der Waals surface area contributed by atoms with Gasteiger partial charge in [0.05, 0.1) is 22.1 Å². The molecule has 2 nitrogen and oxygen atoms in total. The molecule has 0 aliphatic heterocycles. The first kappa shape index (κ1) is 30.5. The molecule has 12 rings (SSSR count). The summed E-state index contributed by atoms with van der Waals surface area (Å²) in [6.07, 6.45) is 0. The van der Waals surface area contributed by atoms with Crippen molar-refractivity contribution < 1.29 is 0 Å². The van der Waals surface area contributed by atoms with E-state index in [1.165, 1.54) is 102 Å². The number of fused-ring (bicyclic) bond motifs is 10. The van der Waals surface area contributed by atoms with Crippen molar-refractivity contribution in [2.75, 3.05) is 0 Å². The summed E-state index contributed by atoms with van der Waals surface area (Å²) in [7, 11) is 0. The van der Waals surface area contributed by atoms with Gasteiger partial charge in [-0.05, 0) is 112 Å². The molecule has 0 atom stereocenters. The third kappa shape index (κ3) is 4.67. The summed E-state index contributed by atoms with van der Waals surface area (Å²) in [4.78, 5) is 0. The smallest absolute Gasteiger partial charge is 0.0547 e. The highest BCUT2D eigenvalue weighted by molar-refractivity contribution is 7.25. The average molecular weight is 717 g/mol. The second-order valence-corrected chi connectivity index (χ2v) is 15.6. The minimum atomic E-state index is 1.16. The number of thiophene rings is 1. The van der Waals surface area contributed by atoms with Crippen LogP contribution in [-0.2, 0) is 0 Å². The van der Waals surface area contributed by atoms with Crippen LogP contribution < -0.4 is 0 Å². The van der Waals surface area contributed by atoms with Crippen LogP contribution in [-0.4, -0.2) is 9.13 Å². The minimum absolute atomic E-state index is 1.16. The summed E-state index contributed by atoms with van der Waals surface area (Å²) in [6, 6.07) is 71.6. The van der Waals surface area contributed by atoms with Crippen molar-refractivity contribution in [3.63, 3.8) is 0 Å². The molecule has 0 aliphatic rings. The van der Waals surface area contributed by atoms with Crippen molar-refractivity contribution in [2.45, 2.75) is 0 Å². The van der Waals surface area contributed by atoms with Gasteiger partial charge in [0, 0.05) is 53.1 Å². The fourth-order valence-electron chi connectivity index (χ4n) is 8.88. The number of hydrogen-bond acceptors (Lipinski definition) is 1. The van der Waals surface area contributed by atoms with Crippen LogP contribution in [0.5, 0.6) is 0 Å². The van der Waals surface area contributed by atoms with Gasteiger partial charge in [-0.25, -0.2) is 0 Å². The maximum atomic E-state index is 2.44. The van der Waals surface area contributed by atoms with E-state index in [1.807, 2.05) is 11.3 Å². The zero-order chi connectivity index (χ0) is 36.0. The van der Waals surface area contributed by atoms with Gasteiger partial charge >= 0.3 is 0 Å². The summed E-state index contributed by atoms with van der Waals surface area (Å²) >= 11 is 1.87. The van der Waals surface area contributed by atoms with E-state index >= 15 is 0 Å². The lowest BCUT2D eigenvalue weighted by Gasteiger charge is -2.11. The Kier molecular flexibility index (Phi) is 6.54. The van der Waals surface area contributed by atoms with Crippen LogP contribution in [0.2, 0.25) is 0 Å². The largest absolute Gasteiger partial charge is 0.309 e. The SMILES string of the molecule is c1ccc(-c2ccc(-n3c4ccc(-c5ccc6c(c5)c5ccccc5n6-c5ccc6sc7ccccc7c6c5)cc4c4cc5ccccc5cc43)cc2)cc1. The molecule has 0 saturated heterocycles. The third-order valence-corrected chi connectivity index (χ3v) is 12.6. The number of para-hydroxylation sites is 1. The van der Waals surface area contributed by atoms with Crippen molar-refractivity contribution in [1.82, 2.24) is 9.13 Å². The summed E-state index contributed by atoms with van der Waals surface area (Å²) in [6.45, 7) is 0. The Bertz CT molecular complexity index is 3470. The molecule has 0 bridgehead atoms. The molecule has 0 fully saturated rings. The van der Waals surface area contributed by atoms with Gasteiger partial charge in [0.2, 0.25) is 0 Å². The van der Waals surface area contributed by atoms with Gasteiger partial charge in [-0.2, -0.15) is 0 Å². The molecule has 0 N–H and O–H groups in total. The van der Waals surface area contributed by atoms with E-state index in [-0.39, 0.29) is 0 Å². The zero-order valence-corrected chi connectivity index (χ0v) is 30.6. The lowest BCUT2D eigenvalue weighted by molar-refractivity contribution is 1.18. The molecule has 3 aromatic heterocycles. The molecular formula is C52H32N2S. The van der Waals surface area contributed by atoms with E-state index in [0.29, 0.717) is 0 Å². The van der Waals surface area contributed by atoms with E-state index in [2.05, 4.69) is 203 Å². The predicted molar refractivity (Wildman–Crippen MR) is 236 cm³/mol. The Morgan fingerprint density at radius 3 is 1.58 bits per heavy atom. The molecule has 0 radical (unpaired) electrons. The molecule has 0 spiro atoms. The molecule has 12 aromatic rings. The van der Waals surface area contributed by atoms with E-state index in [4.69, 9.17) is 0 Å². The van der Waals surface area contributed by atoms with Gasteiger partial charge in [0.25, 0.3) is 0 Å². The molecule has 9 aromatic carbocycles. The maximum Gasteiger partial charge on any atom is 0.0547 e. The zero-order valence-electron chi connectivity index (χ0n) is 29.8. The monoisotopic (exact) mass is 716 g/mol. The van der Waals surface area contributed by atoms with Gasteiger partial charge in [-0.15, -0.1) is 11.3 Å². The van der Waals surface area contributed by atoms with E-state index in [0.717, 1.165) is 5.69 Å². The van der Waals surface area contributed by atoms with Gasteiger partial charge in [-0.3, -0.25) is 0 Å². The first-order valence-corrected chi connectivity index (χ1v) is 19.6. The van der Waals surface area contributed by atoms with Crippen molar-refractivity contribution in [2.24, 2.45) is 0 Å². The molecule has 256 valence electrons. The highest BCUT2D eigenvalue weighted by Crippen LogP contribution is 2.41. The van der Waals surface area contributed by atoms with Gasteiger partial charge in [-0.1, -0.05) is 115 Å². The minimum Gasteiger partial charge on any atom is -0.309 e. The van der Waals surface area contributed by atoms with Crippen molar-refractivity contribution in [3.05, 3.63) is 194 Å². The Morgan fingerprint density at radius 2 is 0.800 bits per heavy atom. The Labute approximate surface area is 321 Å². The molecular weight excluding hydrogens is 685 g/mol. The van der Waals surface area contributed by atoms with Crippen molar-refractivity contribution in [1.29, 1.82) is 0 Å². The molecule has 0 amide bonds. The topological polar surface area (TPSA) is 9.86 Å². The number of rotatable bonds is 4. The fraction of sp³-hybridized carbons (Fsp3) is 0. The first-order chi connectivity index (χ1) is 27.2. The standard InChI is InChI=1S/C52H32N2S/c1-2-10-33(11-3-1)34-18-22-39(23-19-34)53-49-26-21-38(30-44(49)45-28-35-12-4-5-13-36(35)31-50(45)53)37-20-25-48-43(29-37)41-14-6-8-16-47(41)54(48)40-24-27-52-46(32-40)42-15-7-9-17-51(42)55-52/h1-32H. The van der Waals surface area contributed by atoms with Crippen LogP contribution in [0.15, 0.2) is 194 Å². The Balaban J connectivity index is 1.04. The van der Waals surface area contributed by atoms with Crippen LogP contribution in [0.1, 0.15) is 0 Å². The van der Waals surface area contributed by atoms with Gasteiger partial charge < -0.3 is 9.13 Å². The predicted octanol–water partition coefficient (Wildman–Crippen LogP) is 14.7. The molecule has 3 heteroatoms. The summed E-state index contributed by atoms with van der Waals surface area (Å²) < 4.78 is 7.52. The van der Waals surface area contributed by atoms with E-state index in [9.17, 15) is 0 Å². The lowest BCUT2D eigenvalue weighted by atomic mass is 10.00. The first-order valence-electron chi connectivity index (χ1n) is 18.8. The summed E-state index contributed by atoms with van der Waals surface area (Å²) in [5.74, 6) is 0. The molecule has 0 aliphatic carbocycles. The lowest BCUT2D eigenvalue weighted by Crippen LogP contribution is -1.94. The molecule has 55 heavy (non-hydrogen) atoms. The molecule has 0 unspecified atom stereocenters. The third-order valence-electron chi connectivity index (χ3n) is 11.5. The second kappa shape index (κ2) is 11.8. The fourth-order valence-corrected chi connectivity index (χ4v) is 9.97. The van der Waals surface area contributed by atoms with Crippen LogP contribution >= 0.6 is 11.3 Å². The Hall–Kier alpha value is -6.94. The maximum absolute atomic E-state index is 2.44. The highest BCUT2D eigenvalue weighted by Gasteiger charge is 2.18. The van der Waals surface area contributed by atoms with Crippen molar-refractivity contribution in [3.8, 4) is 33.6 Å². The normalized spacial score (nSPS) is 12.0. The number of nitrogens with zero attached hydrogens (tertiary/aromatic N) is 2. The van der Waals surface area contributed by atoms with Crippen LogP contribution in [0.4, 0.5) is 0 Å². The Morgan fingerprint density at radius 1 is 0.273 bits per heavy atom. The van der Waals surface area contributed by atoms with Gasteiger partial charge in [0.1, 0.15) is 0 Å². The number of hydrogen-bond donors (Lipinski definition) is 0. The molecule has 3 heterocycles. The summed E-state index contributed by atoms with van der Waals surface area (Å²) in [5, 5.41) is 10.2.